The van der Waals surface area contributed by atoms with E-state index in [9.17, 15) is 19.2 Å². The second kappa shape index (κ2) is 14.2. The minimum Gasteiger partial charge on any atom is -0.496 e. The van der Waals surface area contributed by atoms with Gasteiger partial charge in [-0.05, 0) is 56.0 Å². The highest BCUT2D eigenvalue weighted by molar-refractivity contribution is 5.98. The number of piperazine rings is 1. The Morgan fingerprint density at radius 3 is 2.40 bits per heavy atom. The first kappa shape index (κ1) is 32.3. The molecule has 3 aliphatic rings. The normalized spacial score (nSPS) is 24.3. The van der Waals surface area contributed by atoms with Gasteiger partial charge in [0.15, 0.2) is 0 Å². The molecule has 0 aliphatic carbocycles. The SMILES string of the molecule is CCC(C)C(NC)C(=O)NC(C(=O)NC=Cc1cc(OC2CC3C(=O)N4CCCC4C(=O)N3C2)ccc1OC)C(C)CC. The number of hydrogen-bond donors (Lipinski definition) is 3. The number of nitrogens with one attached hydrogen (secondary N) is 3. The molecule has 4 rings (SSSR count). The van der Waals surface area contributed by atoms with Crippen LogP contribution in [0.1, 0.15) is 65.4 Å². The van der Waals surface area contributed by atoms with Crippen molar-refractivity contribution in [3.63, 3.8) is 0 Å². The zero-order valence-electron chi connectivity index (χ0n) is 26.2. The third-order valence-electron chi connectivity index (χ3n) is 9.24. The standard InChI is InChI=1S/C32H47N5O6/c1-7-19(3)27(33-5)30(39)35-28(20(4)8-2)29(38)34-14-13-21-16-22(11-12-26(21)42-6)43-23-17-25-32(41)36-15-9-10-24(36)31(40)37(25)18-23/h11-14,16,19-20,23-25,27-28,33H,7-10,15,17-18H2,1-6H3,(H,34,38)(H,35,39). The molecule has 3 N–H and O–H groups in total. The van der Waals surface area contributed by atoms with Gasteiger partial charge in [-0.15, -0.1) is 0 Å². The average Bonchev–Trinajstić information content (AvgIpc) is 3.67. The Bertz CT molecular complexity index is 1190. The molecule has 43 heavy (non-hydrogen) atoms. The molecule has 0 bridgehead atoms. The van der Waals surface area contributed by atoms with E-state index < -0.39 is 12.1 Å². The monoisotopic (exact) mass is 597 g/mol. The lowest BCUT2D eigenvalue weighted by molar-refractivity contribution is -0.156. The van der Waals surface area contributed by atoms with Crippen molar-refractivity contribution in [3.8, 4) is 11.5 Å². The summed E-state index contributed by atoms with van der Waals surface area (Å²) >= 11 is 0. The van der Waals surface area contributed by atoms with Crippen LogP contribution in [0.4, 0.5) is 0 Å². The molecule has 0 aromatic heterocycles. The number of nitrogens with zero attached hydrogens (tertiary/aromatic N) is 2. The summed E-state index contributed by atoms with van der Waals surface area (Å²) in [4.78, 5) is 55.6. The van der Waals surface area contributed by atoms with Crippen LogP contribution in [-0.2, 0) is 19.2 Å². The van der Waals surface area contributed by atoms with Crippen LogP contribution >= 0.6 is 0 Å². The maximum atomic E-state index is 13.2. The molecule has 0 radical (unpaired) electrons. The lowest BCUT2D eigenvalue weighted by atomic mass is 9.95. The van der Waals surface area contributed by atoms with Crippen LogP contribution in [0, 0.1) is 11.8 Å². The highest BCUT2D eigenvalue weighted by atomic mass is 16.5. The maximum absolute atomic E-state index is 13.2. The highest BCUT2D eigenvalue weighted by Crippen LogP contribution is 2.34. The Labute approximate surface area is 254 Å². The summed E-state index contributed by atoms with van der Waals surface area (Å²) in [6.07, 6.45) is 6.55. The third kappa shape index (κ3) is 6.98. The van der Waals surface area contributed by atoms with Crippen molar-refractivity contribution < 1.29 is 28.7 Å². The number of amides is 4. The molecule has 7 unspecified atom stereocenters. The van der Waals surface area contributed by atoms with Crippen LogP contribution in [-0.4, -0.2) is 90.9 Å². The topological polar surface area (TPSA) is 129 Å². The van der Waals surface area contributed by atoms with Gasteiger partial charge in [0.2, 0.25) is 23.6 Å². The van der Waals surface area contributed by atoms with E-state index in [1.165, 1.54) is 6.20 Å². The summed E-state index contributed by atoms with van der Waals surface area (Å²) in [6.45, 7) is 8.99. The van der Waals surface area contributed by atoms with Gasteiger partial charge < -0.3 is 35.2 Å². The summed E-state index contributed by atoms with van der Waals surface area (Å²) in [6, 6.07) is 3.50. The van der Waals surface area contributed by atoms with Crippen molar-refractivity contribution in [2.24, 2.45) is 11.8 Å². The average molecular weight is 598 g/mol. The molecule has 3 heterocycles. The second-order valence-corrected chi connectivity index (χ2v) is 11.9. The fraction of sp³-hybridized carbons (Fsp3) is 0.625. The number of carbonyl (C=O) groups is 4. The number of likely N-dealkylation sites (N-methyl/N-ethyl adjacent to an activating group) is 1. The summed E-state index contributed by atoms with van der Waals surface area (Å²) in [5.74, 6) is 0.762. The number of benzene rings is 1. The van der Waals surface area contributed by atoms with Gasteiger partial charge in [-0.3, -0.25) is 19.2 Å². The zero-order chi connectivity index (χ0) is 31.3. The van der Waals surface area contributed by atoms with Crippen LogP contribution in [0.2, 0.25) is 0 Å². The van der Waals surface area contributed by atoms with Gasteiger partial charge in [0.1, 0.15) is 35.7 Å². The van der Waals surface area contributed by atoms with E-state index in [-0.39, 0.29) is 53.7 Å². The summed E-state index contributed by atoms with van der Waals surface area (Å²) in [7, 11) is 3.32. The predicted octanol–water partition coefficient (Wildman–Crippen LogP) is 2.30. The smallest absolute Gasteiger partial charge is 0.246 e. The van der Waals surface area contributed by atoms with Crippen LogP contribution in [0.3, 0.4) is 0 Å². The predicted molar refractivity (Wildman–Crippen MR) is 163 cm³/mol. The van der Waals surface area contributed by atoms with E-state index >= 15 is 0 Å². The molecule has 7 atom stereocenters. The summed E-state index contributed by atoms with van der Waals surface area (Å²) < 4.78 is 11.8. The Hall–Kier alpha value is -3.60. The van der Waals surface area contributed by atoms with E-state index in [1.54, 1.807) is 48.2 Å². The second-order valence-electron chi connectivity index (χ2n) is 11.9. The van der Waals surface area contributed by atoms with Gasteiger partial charge in [0.25, 0.3) is 0 Å². The molecule has 3 fully saturated rings. The van der Waals surface area contributed by atoms with Crippen LogP contribution in [0.15, 0.2) is 24.4 Å². The quantitative estimate of drug-likeness (QED) is 0.318. The molecule has 1 aromatic rings. The lowest BCUT2D eigenvalue weighted by Gasteiger charge is -2.38. The number of fused-ring (bicyclic) bond motifs is 2. The first-order chi connectivity index (χ1) is 20.6. The number of carbonyl (C=O) groups excluding carboxylic acids is 4. The third-order valence-corrected chi connectivity index (χ3v) is 9.24. The van der Waals surface area contributed by atoms with Gasteiger partial charge >= 0.3 is 0 Å². The Morgan fingerprint density at radius 1 is 1.02 bits per heavy atom. The molecular weight excluding hydrogens is 550 g/mol. The molecule has 3 aliphatic heterocycles. The number of hydrogen-bond acceptors (Lipinski definition) is 7. The summed E-state index contributed by atoms with van der Waals surface area (Å²) in [5.41, 5.74) is 0.681. The minimum atomic E-state index is -0.694. The molecule has 0 saturated carbocycles. The fourth-order valence-corrected chi connectivity index (χ4v) is 6.30. The van der Waals surface area contributed by atoms with Crippen molar-refractivity contribution in [1.82, 2.24) is 25.8 Å². The molecule has 4 amide bonds. The highest BCUT2D eigenvalue weighted by Gasteiger charge is 2.52. The Kier molecular flexibility index (Phi) is 10.7. The van der Waals surface area contributed by atoms with Crippen molar-refractivity contribution in [2.75, 3.05) is 27.2 Å². The van der Waals surface area contributed by atoms with E-state index in [1.807, 2.05) is 27.7 Å². The molecular formula is C32H47N5O6. The molecule has 11 heteroatoms. The lowest BCUT2D eigenvalue weighted by Crippen LogP contribution is -2.60. The molecule has 236 valence electrons. The molecule has 3 saturated heterocycles. The Morgan fingerprint density at radius 2 is 1.72 bits per heavy atom. The van der Waals surface area contributed by atoms with Crippen LogP contribution in [0.25, 0.3) is 6.08 Å². The van der Waals surface area contributed by atoms with Gasteiger partial charge in [-0.1, -0.05) is 40.5 Å². The van der Waals surface area contributed by atoms with Gasteiger partial charge in [-0.2, -0.15) is 0 Å². The van der Waals surface area contributed by atoms with E-state index in [2.05, 4.69) is 16.0 Å². The maximum Gasteiger partial charge on any atom is 0.246 e. The first-order valence-corrected chi connectivity index (χ1v) is 15.5. The van der Waals surface area contributed by atoms with Crippen LogP contribution < -0.4 is 25.4 Å². The van der Waals surface area contributed by atoms with Gasteiger partial charge in [-0.25, -0.2) is 0 Å². The Balaban J connectivity index is 1.41. The summed E-state index contributed by atoms with van der Waals surface area (Å²) in [5, 5.41) is 8.84. The number of rotatable bonds is 13. The largest absolute Gasteiger partial charge is 0.496 e. The van der Waals surface area contributed by atoms with Crippen molar-refractivity contribution >= 4 is 29.7 Å². The van der Waals surface area contributed by atoms with Crippen LogP contribution in [0.5, 0.6) is 11.5 Å². The zero-order valence-corrected chi connectivity index (χ0v) is 26.2. The minimum absolute atomic E-state index is 0.0236. The first-order valence-electron chi connectivity index (χ1n) is 15.5. The van der Waals surface area contributed by atoms with Crippen molar-refractivity contribution in [2.45, 2.75) is 90.1 Å². The molecule has 0 spiro atoms. The molecule has 11 nitrogen and oxygen atoms in total. The van der Waals surface area contributed by atoms with E-state index in [4.69, 9.17) is 9.47 Å². The van der Waals surface area contributed by atoms with E-state index in [0.717, 1.165) is 25.7 Å². The number of ether oxygens (including phenoxy) is 2. The van der Waals surface area contributed by atoms with E-state index in [0.29, 0.717) is 36.6 Å². The number of methoxy groups -OCH3 is 1. The van der Waals surface area contributed by atoms with Crippen molar-refractivity contribution in [3.05, 3.63) is 30.0 Å². The van der Waals surface area contributed by atoms with Gasteiger partial charge in [0, 0.05) is 24.7 Å². The van der Waals surface area contributed by atoms with Gasteiger partial charge in [0.05, 0.1) is 19.7 Å². The fourth-order valence-electron chi connectivity index (χ4n) is 6.30. The molecule has 1 aromatic carbocycles. The van der Waals surface area contributed by atoms with Crippen molar-refractivity contribution in [1.29, 1.82) is 0 Å².